The molecule has 0 bridgehead atoms. The minimum absolute atomic E-state index is 0.0728. The second-order valence-electron chi connectivity index (χ2n) is 5.45. The quantitative estimate of drug-likeness (QED) is 0.557. The van der Waals surface area contributed by atoms with Crippen LogP contribution in [0.15, 0.2) is 80.7 Å². The van der Waals surface area contributed by atoms with Gasteiger partial charge in [-0.3, -0.25) is 9.79 Å². The first kappa shape index (κ1) is 18.7. The Morgan fingerprint density at radius 2 is 2.32 bits per heavy atom. The number of thioether (sulfide) groups is 1. The Bertz CT molecular complexity index is 739. The maximum atomic E-state index is 12.2. The van der Waals surface area contributed by atoms with Gasteiger partial charge in [0.15, 0.2) is 5.82 Å². The molecule has 0 aromatic carbocycles. The minimum atomic E-state index is -0.0728. The molecule has 0 radical (unpaired) electrons. The summed E-state index contributed by atoms with van der Waals surface area (Å²) in [6, 6.07) is 0. The van der Waals surface area contributed by atoms with E-state index in [-0.39, 0.29) is 5.91 Å². The van der Waals surface area contributed by atoms with Gasteiger partial charge in [0.1, 0.15) is 5.03 Å². The Morgan fingerprint density at radius 1 is 1.48 bits per heavy atom. The van der Waals surface area contributed by atoms with Crippen molar-refractivity contribution in [3.63, 3.8) is 0 Å². The molecule has 0 spiro atoms. The van der Waals surface area contributed by atoms with E-state index in [1.54, 1.807) is 36.3 Å². The summed E-state index contributed by atoms with van der Waals surface area (Å²) in [5.74, 6) is 0.551. The summed E-state index contributed by atoms with van der Waals surface area (Å²) in [5, 5.41) is 5.96. The highest BCUT2D eigenvalue weighted by Crippen LogP contribution is 2.36. The van der Waals surface area contributed by atoms with Crippen LogP contribution < -0.4 is 5.32 Å². The third-order valence-corrected chi connectivity index (χ3v) is 4.46. The standard InChI is InChI=1S/C19H22N4OS/c1-4-5-9-20-10-7-6-8-15(2)13-17(24)22-18-19-23(12-11-21-18)16(3)14-25-19/h4-11,14H,1,12-13H2,2-3H3,(H,22,24)/b7-6+,9-5+,15-8+,20-10+. The number of carbonyl (C=O) groups excluding carboxylic acids is 1. The Labute approximate surface area is 153 Å². The molecular formula is C19H22N4OS. The summed E-state index contributed by atoms with van der Waals surface area (Å²) < 4.78 is 0. The molecule has 0 aromatic heterocycles. The first-order valence-electron chi connectivity index (χ1n) is 7.92. The number of aliphatic imine (C=N–C) groups is 2. The zero-order chi connectivity index (χ0) is 18.1. The van der Waals surface area contributed by atoms with E-state index < -0.39 is 0 Å². The molecule has 0 unspecified atom stereocenters. The van der Waals surface area contributed by atoms with E-state index in [1.807, 2.05) is 38.3 Å². The van der Waals surface area contributed by atoms with E-state index in [9.17, 15) is 4.79 Å². The zero-order valence-corrected chi connectivity index (χ0v) is 15.3. The van der Waals surface area contributed by atoms with Crippen LogP contribution >= 0.6 is 11.8 Å². The van der Waals surface area contributed by atoms with E-state index in [1.165, 1.54) is 5.70 Å². The van der Waals surface area contributed by atoms with Crippen LogP contribution in [0.2, 0.25) is 0 Å². The Balaban J connectivity index is 1.86. The Kier molecular flexibility index (Phi) is 7.22. The van der Waals surface area contributed by atoms with Crippen LogP contribution in [0.5, 0.6) is 0 Å². The topological polar surface area (TPSA) is 57.1 Å². The average Bonchev–Trinajstić information content (AvgIpc) is 2.96. The molecule has 1 N–H and O–H groups in total. The Hall–Kier alpha value is -2.60. The van der Waals surface area contributed by atoms with E-state index in [0.29, 0.717) is 12.2 Å². The van der Waals surface area contributed by atoms with Crippen molar-refractivity contribution >= 4 is 30.1 Å². The number of nitrogens with zero attached hydrogens (tertiary/aromatic N) is 3. The first-order chi connectivity index (χ1) is 12.1. The van der Waals surface area contributed by atoms with E-state index >= 15 is 0 Å². The lowest BCUT2D eigenvalue weighted by atomic mass is 10.2. The summed E-state index contributed by atoms with van der Waals surface area (Å²) in [6.45, 7) is 8.28. The molecule has 0 atom stereocenters. The predicted octanol–water partition coefficient (Wildman–Crippen LogP) is 3.89. The molecule has 0 fully saturated rings. The molecule has 2 aliphatic rings. The van der Waals surface area contributed by atoms with E-state index in [0.717, 1.165) is 17.1 Å². The van der Waals surface area contributed by atoms with Gasteiger partial charge in [-0.15, -0.1) is 0 Å². The normalized spacial score (nSPS) is 17.8. The minimum Gasteiger partial charge on any atom is -0.331 e. The lowest BCUT2D eigenvalue weighted by Crippen LogP contribution is -2.30. The smallest absolute Gasteiger partial charge is 0.229 e. The fourth-order valence-corrected chi connectivity index (χ4v) is 3.13. The lowest BCUT2D eigenvalue weighted by molar-refractivity contribution is -0.119. The fraction of sp³-hybridized carbons (Fsp3) is 0.211. The van der Waals surface area contributed by atoms with Crippen molar-refractivity contribution in [3.05, 3.63) is 70.7 Å². The van der Waals surface area contributed by atoms with Crippen molar-refractivity contribution < 1.29 is 4.79 Å². The molecule has 2 aliphatic heterocycles. The largest absolute Gasteiger partial charge is 0.331 e. The highest BCUT2D eigenvalue weighted by molar-refractivity contribution is 8.06. The number of carbonyl (C=O) groups is 1. The summed E-state index contributed by atoms with van der Waals surface area (Å²) in [5.41, 5.74) is 2.13. The van der Waals surface area contributed by atoms with Crippen molar-refractivity contribution in [1.29, 1.82) is 0 Å². The van der Waals surface area contributed by atoms with Crippen molar-refractivity contribution in [2.45, 2.75) is 20.3 Å². The molecule has 0 aliphatic carbocycles. The van der Waals surface area contributed by atoms with Crippen LogP contribution in [0.1, 0.15) is 20.3 Å². The maximum Gasteiger partial charge on any atom is 0.229 e. The van der Waals surface area contributed by atoms with Crippen molar-refractivity contribution in [1.82, 2.24) is 10.2 Å². The molecule has 2 rings (SSSR count). The molecule has 130 valence electrons. The zero-order valence-electron chi connectivity index (χ0n) is 14.5. The van der Waals surface area contributed by atoms with E-state index in [2.05, 4.69) is 32.2 Å². The van der Waals surface area contributed by atoms with Gasteiger partial charge >= 0.3 is 0 Å². The summed E-state index contributed by atoms with van der Waals surface area (Å²) in [4.78, 5) is 22.7. The van der Waals surface area contributed by atoms with Crippen LogP contribution in [-0.2, 0) is 4.79 Å². The van der Waals surface area contributed by atoms with Crippen LogP contribution in [0.25, 0.3) is 0 Å². The number of hydrogen-bond acceptors (Lipinski definition) is 5. The molecule has 1 amide bonds. The van der Waals surface area contributed by atoms with Gasteiger partial charge in [-0.2, -0.15) is 0 Å². The monoisotopic (exact) mass is 354 g/mol. The van der Waals surface area contributed by atoms with Gasteiger partial charge < -0.3 is 10.2 Å². The maximum absolute atomic E-state index is 12.2. The van der Waals surface area contributed by atoms with Crippen molar-refractivity contribution in [3.8, 4) is 0 Å². The molecule has 25 heavy (non-hydrogen) atoms. The van der Waals surface area contributed by atoms with Crippen LogP contribution in [-0.4, -0.2) is 29.8 Å². The van der Waals surface area contributed by atoms with Gasteiger partial charge in [0, 0.05) is 30.7 Å². The second kappa shape index (κ2) is 9.64. The average molecular weight is 354 g/mol. The van der Waals surface area contributed by atoms with Crippen molar-refractivity contribution in [2.24, 2.45) is 9.98 Å². The summed E-state index contributed by atoms with van der Waals surface area (Å²) in [6.07, 6.45) is 14.4. The van der Waals surface area contributed by atoms with Gasteiger partial charge in [-0.05, 0) is 31.4 Å². The predicted molar refractivity (Wildman–Crippen MR) is 107 cm³/mol. The number of amides is 1. The first-order valence-corrected chi connectivity index (χ1v) is 8.80. The molecule has 0 saturated heterocycles. The SMILES string of the molecule is C=C/C=C/N=C/C=C/C=C(\C)CC(=O)NC1=C2SC=C(C)N2CC=N1. The Morgan fingerprint density at radius 3 is 3.12 bits per heavy atom. The van der Waals surface area contributed by atoms with Crippen LogP contribution in [0.4, 0.5) is 0 Å². The molecule has 6 heteroatoms. The number of rotatable bonds is 7. The van der Waals surface area contributed by atoms with Gasteiger partial charge in [0.2, 0.25) is 5.91 Å². The van der Waals surface area contributed by atoms with Gasteiger partial charge in [-0.25, -0.2) is 4.99 Å². The van der Waals surface area contributed by atoms with Crippen molar-refractivity contribution in [2.75, 3.05) is 6.54 Å². The van der Waals surface area contributed by atoms with Crippen LogP contribution in [0.3, 0.4) is 0 Å². The third-order valence-electron chi connectivity index (χ3n) is 3.37. The number of fused-ring (bicyclic) bond motifs is 1. The highest BCUT2D eigenvalue weighted by Gasteiger charge is 2.24. The lowest BCUT2D eigenvalue weighted by Gasteiger charge is -2.24. The van der Waals surface area contributed by atoms with Gasteiger partial charge in [0.25, 0.3) is 0 Å². The highest BCUT2D eigenvalue weighted by atomic mass is 32.2. The summed E-state index contributed by atoms with van der Waals surface area (Å²) in [7, 11) is 0. The number of hydrogen-bond donors (Lipinski definition) is 1. The molecular weight excluding hydrogens is 332 g/mol. The molecule has 2 heterocycles. The molecule has 0 aromatic rings. The van der Waals surface area contributed by atoms with Gasteiger partial charge in [0.05, 0.1) is 6.54 Å². The molecule has 5 nitrogen and oxygen atoms in total. The second-order valence-corrected chi connectivity index (χ2v) is 6.31. The van der Waals surface area contributed by atoms with Gasteiger partial charge in [-0.1, -0.05) is 42.1 Å². The summed E-state index contributed by atoms with van der Waals surface area (Å²) >= 11 is 1.59. The number of nitrogens with one attached hydrogen (secondary N) is 1. The number of allylic oxidation sites excluding steroid dienone is 6. The van der Waals surface area contributed by atoms with Crippen LogP contribution in [0, 0.1) is 0 Å². The fourth-order valence-electron chi connectivity index (χ4n) is 2.16. The third kappa shape index (κ3) is 5.76. The van der Waals surface area contributed by atoms with E-state index in [4.69, 9.17) is 0 Å². The molecule has 0 saturated carbocycles.